The molecule has 27 heavy (non-hydrogen) atoms. The molecule has 7 nitrogen and oxygen atoms in total. The Morgan fingerprint density at radius 1 is 1.33 bits per heavy atom. The summed E-state index contributed by atoms with van der Waals surface area (Å²) in [5.74, 6) is -0.707. The molecule has 0 saturated heterocycles. The number of ether oxygens (including phenoxy) is 2. The Labute approximate surface area is 165 Å². The third-order valence-corrected chi connectivity index (χ3v) is 5.98. The van der Waals surface area contributed by atoms with E-state index in [1.807, 2.05) is 26.8 Å². The standard InChI is InChI=1S/C18H28N2O5S2/c1-5-7-9-27(22,23)13-16(11-24-8-6-2)25-17(21)12-26-18-19-14(3)10-15(4)20-18/h6,10,16H,2,5,7-9,11-13H2,1,3-4H3. The Kier molecular flexibility index (Phi) is 10.6. The molecular formula is C18H28N2O5S2. The zero-order chi connectivity index (χ0) is 20.3. The molecule has 0 fully saturated rings. The number of aromatic nitrogens is 2. The predicted molar refractivity (Wildman–Crippen MR) is 107 cm³/mol. The van der Waals surface area contributed by atoms with Crippen LogP contribution < -0.4 is 0 Å². The average molecular weight is 417 g/mol. The van der Waals surface area contributed by atoms with Crippen molar-refractivity contribution in [1.82, 2.24) is 9.97 Å². The molecule has 0 aliphatic carbocycles. The summed E-state index contributed by atoms with van der Waals surface area (Å²) in [7, 11) is -3.32. The lowest BCUT2D eigenvalue weighted by molar-refractivity contribution is -0.147. The molecule has 0 saturated carbocycles. The lowest BCUT2D eigenvalue weighted by Crippen LogP contribution is -2.33. The van der Waals surface area contributed by atoms with E-state index >= 15 is 0 Å². The molecule has 0 N–H and O–H groups in total. The molecule has 1 aromatic heterocycles. The maximum absolute atomic E-state index is 12.2. The third-order valence-electron chi connectivity index (χ3n) is 3.37. The van der Waals surface area contributed by atoms with Crippen molar-refractivity contribution in [2.24, 2.45) is 0 Å². The average Bonchev–Trinajstić information content (AvgIpc) is 2.57. The smallest absolute Gasteiger partial charge is 0.316 e. The van der Waals surface area contributed by atoms with E-state index in [-0.39, 0.29) is 30.5 Å². The Hall–Kier alpha value is -1.45. The molecule has 152 valence electrons. The van der Waals surface area contributed by atoms with Gasteiger partial charge in [-0.25, -0.2) is 18.4 Å². The molecule has 0 spiro atoms. The van der Waals surface area contributed by atoms with Crippen molar-refractivity contribution in [2.45, 2.75) is 44.9 Å². The normalized spacial score (nSPS) is 12.6. The third kappa shape index (κ3) is 10.5. The van der Waals surface area contributed by atoms with E-state index < -0.39 is 21.9 Å². The summed E-state index contributed by atoms with van der Waals surface area (Å²) in [4.78, 5) is 20.7. The number of carbonyl (C=O) groups is 1. The van der Waals surface area contributed by atoms with Crippen molar-refractivity contribution in [3.8, 4) is 0 Å². The number of thioether (sulfide) groups is 1. The summed E-state index contributed by atoms with van der Waals surface area (Å²) in [5.41, 5.74) is 1.63. The number of hydrogen-bond donors (Lipinski definition) is 0. The first-order chi connectivity index (χ1) is 12.8. The Balaban J connectivity index is 2.63. The molecule has 1 heterocycles. The predicted octanol–water partition coefficient (Wildman–Crippen LogP) is 2.51. The first-order valence-corrected chi connectivity index (χ1v) is 11.6. The van der Waals surface area contributed by atoms with Crippen LogP contribution in [0, 0.1) is 13.8 Å². The lowest BCUT2D eigenvalue weighted by Gasteiger charge is -2.18. The summed E-state index contributed by atoms with van der Waals surface area (Å²) in [6.07, 6.45) is 2.07. The molecule has 0 aromatic carbocycles. The Morgan fingerprint density at radius 2 is 2.00 bits per heavy atom. The zero-order valence-electron chi connectivity index (χ0n) is 16.1. The van der Waals surface area contributed by atoms with Gasteiger partial charge in [-0.2, -0.15) is 0 Å². The highest BCUT2D eigenvalue weighted by molar-refractivity contribution is 7.99. The quantitative estimate of drug-likeness (QED) is 0.159. The van der Waals surface area contributed by atoms with Crippen LogP contribution in [-0.4, -0.2) is 60.9 Å². The summed E-state index contributed by atoms with van der Waals surface area (Å²) >= 11 is 1.16. The molecule has 0 aliphatic rings. The molecule has 9 heteroatoms. The number of esters is 1. The summed E-state index contributed by atoms with van der Waals surface area (Å²) in [5, 5.41) is 0.486. The Bertz CT molecular complexity index is 702. The monoisotopic (exact) mass is 416 g/mol. The van der Waals surface area contributed by atoms with Gasteiger partial charge in [-0.3, -0.25) is 4.79 Å². The number of nitrogens with zero attached hydrogens (tertiary/aromatic N) is 2. The van der Waals surface area contributed by atoms with Crippen molar-refractivity contribution in [3.05, 3.63) is 30.1 Å². The largest absolute Gasteiger partial charge is 0.458 e. The topological polar surface area (TPSA) is 95.5 Å². The fourth-order valence-electron chi connectivity index (χ4n) is 2.23. The van der Waals surface area contributed by atoms with E-state index in [1.165, 1.54) is 0 Å². The van der Waals surface area contributed by atoms with Crippen molar-refractivity contribution >= 4 is 27.6 Å². The highest BCUT2D eigenvalue weighted by atomic mass is 32.2. The number of hydrogen-bond acceptors (Lipinski definition) is 8. The zero-order valence-corrected chi connectivity index (χ0v) is 17.8. The van der Waals surface area contributed by atoms with Gasteiger partial charge < -0.3 is 9.47 Å². The van der Waals surface area contributed by atoms with Gasteiger partial charge in [0.1, 0.15) is 6.10 Å². The van der Waals surface area contributed by atoms with Gasteiger partial charge in [0.2, 0.25) is 0 Å². The Morgan fingerprint density at radius 3 is 2.59 bits per heavy atom. The number of unbranched alkanes of at least 4 members (excludes halogenated alkanes) is 1. The van der Waals surface area contributed by atoms with E-state index in [9.17, 15) is 13.2 Å². The molecule has 1 rings (SSSR count). The van der Waals surface area contributed by atoms with Gasteiger partial charge in [0.25, 0.3) is 0 Å². The number of aryl methyl sites for hydroxylation is 2. The minimum absolute atomic E-state index is 0.00411. The van der Waals surface area contributed by atoms with Crippen LogP contribution in [0.15, 0.2) is 23.9 Å². The number of rotatable bonds is 13. The van der Waals surface area contributed by atoms with Crippen molar-refractivity contribution in [1.29, 1.82) is 0 Å². The van der Waals surface area contributed by atoms with E-state index in [0.717, 1.165) is 29.6 Å². The van der Waals surface area contributed by atoms with Gasteiger partial charge in [0.15, 0.2) is 15.0 Å². The van der Waals surface area contributed by atoms with Crippen LogP contribution in [0.5, 0.6) is 0 Å². The molecule has 0 amide bonds. The van der Waals surface area contributed by atoms with Gasteiger partial charge >= 0.3 is 5.97 Å². The molecular weight excluding hydrogens is 388 g/mol. The van der Waals surface area contributed by atoms with Gasteiger partial charge in [0, 0.05) is 11.4 Å². The maximum atomic E-state index is 12.2. The van der Waals surface area contributed by atoms with Crippen LogP contribution in [0.3, 0.4) is 0 Å². The van der Waals surface area contributed by atoms with Crippen molar-refractivity contribution in [3.63, 3.8) is 0 Å². The van der Waals surface area contributed by atoms with Crippen LogP contribution in [-0.2, 0) is 24.1 Å². The summed E-state index contributed by atoms with van der Waals surface area (Å²) < 4.78 is 35.0. The lowest BCUT2D eigenvalue weighted by atomic mass is 10.4. The highest BCUT2D eigenvalue weighted by Gasteiger charge is 2.23. The molecule has 0 aliphatic heterocycles. The molecule has 1 atom stereocenters. The van der Waals surface area contributed by atoms with E-state index in [1.54, 1.807) is 6.08 Å². The number of sulfone groups is 1. The van der Waals surface area contributed by atoms with Crippen molar-refractivity contribution in [2.75, 3.05) is 30.5 Å². The minimum Gasteiger partial charge on any atom is -0.458 e. The maximum Gasteiger partial charge on any atom is 0.316 e. The molecule has 1 aromatic rings. The van der Waals surface area contributed by atoms with E-state index in [2.05, 4.69) is 16.5 Å². The second-order valence-corrected chi connectivity index (χ2v) is 9.30. The first-order valence-electron chi connectivity index (χ1n) is 8.79. The van der Waals surface area contributed by atoms with Gasteiger partial charge in [-0.15, -0.1) is 6.58 Å². The summed E-state index contributed by atoms with van der Waals surface area (Å²) in [6, 6.07) is 1.84. The van der Waals surface area contributed by atoms with E-state index in [4.69, 9.17) is 9.47 Å². The van der Waals surface area contributed by atoms with Gasteiger partial charge in [0.05, 0.1) is 30.5 Å². The SMILES string of the molecule is C=CCOCC(CS(=O)(=O)CCCC)OC(=O)CSc1nc(C)cc(C)n1. The van der Waals surface area contributed by atoms with Gasteiger partial charge in [-0.05, 0) is 26.3 Å². The fraction of sp³-hybridized carbons (Fsp3) is 0.611. The van der Waals surface area contributed by atoms with Gasteiger partial charge in [-0.1, -0.05) is 31.2 Å². The minimum atomic E-state index is -3.32. The fourth-order valence-corrected chi connectivity index (χ4v) is 4.59. The van der Waals surface area contributed by atoms with E-state index in [0.29, 0.717) is 11.6 Å². The van der Waals surface area contributed by atoms with Crippen LogP contribution in [0.25, 0.3) is 0 Å². The molecule has 0 radical (unpaired) electrons. The summed E-state index contributed by atoms with van der Waals surface area (Å²) in [6.45, 7) is 9.44. The second kappa shape index (κ2) is 12.1. The highest BCUT2D eigenvalue weighted by Crippen LogP contribution is 2.15. The van der Waals surface area contributed by atoms with Crippen LogP contribution >= 0.6 is 11.8 Å². The molecule has 1 unspecified atom stereocenters. The van der Waals surface area contributed by atoms with Crippen LogP contribution in [0.4, 0.5) is 0 Å². The van der Waals surface area contributed by atoms with Crippen LogP contribution in [0.2, 0.25) is 0 Å². The molecule has 0 bridgehead atoms. The van der Waals surface area contributed by atoms with Crippen molar-refractivity contribution < 1.29 is 22.7 Å². The first kappa shape index (κ1) is 23.6. The van der Waals surface area contributed by atoms with Crippen LogP contribution in [0.1, 0.15) is 31.2 Å². The second-order valence-electron chi connectivity index (χ2n) is 6.13. The number of carbonyl (C=O) groups excluding carboxylic acids is 1.